The highest BCUT2D eigenvalue weighted by Gasteiger charge is 2.29. The minimum Gasteiger partial charge on any atom is -0.548 e. The van der Waals surface area contributed by atoms with Crippen LogP contribution in [0.3, 0.4) is 0 Å². The highest BCUT2D eigenvalue weighted by Crippen LogP contribution is 2.19. The number of nitrogens with zero attached hydrogens (tertiary/aromatic N) is 4. The molecule has 0 spiro atoms. The third kappa shape index (κ3) is 18.3. The summed E-state index contributed by atoms with van der Waals surface area (Å²) in [5, 5.41) is 98.4. The van der Waals surface area contributed by atoms with E-state index in [0.717, 1.165) is 0 Å². The van der Waals surface area contributed by atoms with Crippen LogP contribution in [0.5, 0.6) is 0 Å². The number of carboxylic acids is 3. The fourth-order valence-electron chi connectivity index (χ4n) is 6.24. The standard InChI is InChI=1S/C36H58N6O15/c43-20-26(47)5-4-25(46)6-7-30(35(54)55)41-14-12-40(29(34(52)53)8-10-32(50)37-16-27(48)21-44)13-15-42(19-24-3-1-2-23(18-41)39-24)31(36(56)57)9-11-33(51)38-17-28(49)22-45/h1-3,26-31,43-45,47-49H,4-22H2,(H,37,50)(H,38,51)(H,52,53)(H,54,55)(H,56,57)/p-3. The lowest BCUT2D eigenvalue weighted by molar-refractivity contribution is -0.314. The Morgan fingerprint density at radius 1 is 0.579 bits per heavy atom. The molecule has 2 amide bonds. The van der Waals surface area contributed by atoms with Gasteiger partial charge in [-0.15, -0.1) is 0 Å². The van der Waals surface area contributed by atoms with Gasteiger partial charge in [0, 0.05) is 84.1 Å². The Balaban J connectivity index is 2.49. The van der Waals surface area contributed by atoms with E-state index in [1.165, 1.54) is 14.7 Å². The number of aliphatic carboxylic acids is 3. The maximum absolute atomic E-state index is 12.6. The fourth-order valence-corrected chi connectivity index (χ4v) is 6.24. The molecule has 1 aliphatic rings. The van der Waals surface area contributed by atoms with E-state index in [9.17, 15) is 59.4 Å². The molecular formula is C36H55N6O15-3. The molecule has 21 heteroatoms. The molecule has 0 fully saturated rings. The van der Waals surface area contributed by atoms with Crippen molar-refractivity contribution >= 4 is 35.5 Å². The van der Waals surface area contributed by atoms with Crippen LogP contribution in [0.1, 0.15) is 62.8 Å². The first-order valence-electron chi connectivity index (χ1n) is 18.8. The van der Waals surface area contributed by atoms with Crippen molar-refractivity contribution in [2.75, 3.05) is 59.1 Å². The number of hydrogen-bond acceptors (Lipinski definition) is 19. The Kier molecular flexibility index (Phi) is 22.3. The summed E-state index contributed by atoms with van der Waals surface area (Å²) in [6.07, 6.45) is -5.45. The van der Waals surface area contributed by atoms with E-state index in [1.54, 1.807) is 18.2 Å². The summed E-state index contributed by atoms with van der Waals surface area (Å²) in [6, 6.07) is 0.546. The van der Waals surface area contributed by atoms with Crippen molar-refractivity contribution in [3.63, 3.8) is 0 Å². The molecule has 6 unspecified atom stereocenters. The Morgan fingerprint density at radius 2 is 0.947 bits per heavy atom. The average molecular weight is 812 g/mol. The van der Waals surface area contributed by atoms with Gasteiger partial charge in [-0.1, -0.05) is 6.07 Å². The van der Waals surface area contributed by atoms with Gasteiger partial charge in [0.25, 0.3) is 0 Å². The number of carbonyl (C=O) groups is 6. The average Bonchev–Trinajstić information content (AvgIpc) is 3.17. The smallest absolute Gasteiger partial charge is 0.220 e. The summed E-state index contributed by atoms with van der Waals surface area (Å²) in [5.74, 6) is -6.29. The van der Waals surface area contributed by atoms with E-state index in [4.69, 9.17) is 15.3 Å². The van der Waals surface area contributed by atoms with Crippen molar-refractivity contribution in [3.05, 3.63) is 29.6 Å². The second-order valence-electron chi connectivity index (χ2n) is 13.9. The zero-order chi connectivity index (χ0) is 42.5. The molecule has 1 aromatic heterocycles. The van der Waals surface area contributed by atoms with Crippen LogP contribution < -0.4 is 26.0 Å². The summed E-state index contributed by atoms with van der Waals surface area (Å²) in [7, 11) is 0. The first-order chi connectivity index (χ1) is 27.1. The molecule has 322 valence electrons. The molecule has 8 N–H and O–H groups in total. The maximum Gasteiger partial charge on any atom is 0.220 e. The second-order valence-corrected chi connectivity index (χ2v) is 13.9. The molecule has 2 heterocycles. The van der Waals surface area contributed by atoms with Gasteiger partial charge >= 0.3 is 0 Å². The summed E-state index contributed by atoms with van der Waals surface area (Å²) in [5.41, 5.74) is 0.676. The summed E-state index contributed by atoms with van der Waals surface area (Å²) < 4.78 is 0. The van der Waals surface area contributed by atoms with E-state index in [-0.39, 0.29) is 110 Å². The van der Waals surface area contributed by atoms with E-state index in [1.807, 2.05) is 0 Å². The van der Waals surface area contributed by atoms with Gasteiger partial charge in [0.2, 0.25) is 11.8 Å². The van der Waals surface area contributed by atoms with Crippen LogP contribution >= 0.6 is 0 Å². The highest BCUT2D eigenvalue weighted by atomic mass is 16.4. The topological polar surface area (TPSA) is 340 Å². The number of carbonyl (C=O) groups excluding carboxylic acids is 6. The third-order valence-corrected chi connectivity index (χ3v) is 9.53. The van der Waals surface area contributed by atoms with Gasteiger partial charge in [0.1, 0.15) is 5.78 Å². The summed E-state index contributed by atoms with van der Waals surface area (Å²) in [4.78, 5) is 84.3. The molecule has 0 aliphatic carbocycles. The number of aromatic nitrogens is 1. The molecule has 1 aromatic rings. The molecule has 57 heavy (non-hydrogen) atoms. The van der Waals surface area contributed by atoms with Gasteiger partial charge in [0.05, 0.1) is 79.5 Å². The Bertz CT molecular complexity index is 1380. The largest absolute Gasteiger partial charge is 0.548 e. The number of carboxylic acid groups (broad SMARTS) is 3. The number of amides is 2. The zero-order valence-corrected chi connectivity index (χ0v) is 31.8. The number of fused-ring (bicyclic) bond motifs is 2. The quantitative estimate of drug-likeness (QED) is 0.0455. The highest BCUT2D eigenvalue weighted by molar-refractivity contribution is 5.80. The second kappa shape index (κ2) is 25.9. The van der Waals surface area contributed by atoms with Crippen LogP contribution in [0, 0.1) is 0 Å². The van der Waals surface area contributed by atoms with Crippen molar-refractivity contribution < 1.29 is 74.7 Å². The molecule has 6 atom stereocenters. The fraction of sp³-hybridized carbons (Fsp3) is 0.694. The normalized spacial score (nSPS) is 17.8. The number of hydrogen-bond donors (Lipinski definition) is 8. The molecule has 0 saturated heterocycles. The molecule has 2 bridgehead atoms. The SMILES string of the molecule is O=C(CCC(O)CO)CCC(C(=O)[O-])N1CCN(C(CCC(=O)NCC(O)CO)C(=O)[O-])CCN(C(CCC(=O)NCC(O)CO)C(=O)[O-])Cc2cccc(n2)C1. The number of aliphatic hydroxyl groups excluding tert-OH is 6. The number of pyridine rings is 1. The van der Waals surface area contributed by atoms with Crippen LogP contribution in [-0.4, -0.2) is 181 Å². The molecule has 0 radical (unpaired) electrons. The van der Waals surface area contributed by atoms with Gasteiger partial charge in [-0.25, -0.2) is 0 Å². The third-order valence-electron chi connectivity index (χ3n) is 9.53. The Labute approximate surface area is 329 Å². The summed E-state index contributed by atoms with van der Waals surface area (Å²) >= 11 is 0. The van der Waals surface area contributed by atoms with Crippen molar-refractivity contribution in [2.24, 2.45) is 0 Å². The lowest BCUT2D eigenvalue weighted by Gasteiger charge is -2.40. The lowest BCUT2D eigenvalue weighted by Crippen LogP contribution is -2.56. The Morgan fingerprint density at radius 3 is 1.35 bits per heavy atom. The van der Waals surface area contributed by atoms with Gasteiger partial charge in [-0.05, 0) is 37.8 Å². The molecule has 0 aromatic carbocycles. The van der Waals surface area contributed by atoms with Gasteiger partial charge in [0.15, 0.2) is 0 Å². The van der Waals surface area contributed by atoms with Crippen molar-refractivity contribution in [1.82, 2.24) is 30.3 Å². The van der Waals surface area contributed by atoms with Gasteiger partial charge in [-0.2, -0.15) is 0 Å². The van der Waals surface area contributed by atoms with E-state index >= 15 is 0 Å². The monoisotopic (exact) mass is 811 g/mol. The predicted octanol–water partition coefficient (Wildman–Crippen LogP) is -7.66. The van der Waals surface area contributed by atoms with Crippen molar-refractivity contribution in [2.45, 2.75) is 101 Å². The molecule has 1 aliphatic heterocycles. The predicted molar refractivity (Wildman–Crippen MR) is 190 cm³/mol. The number of ketones is 1. The van der Waals surface area contributed by atoms with Crippen molar-refractivity contribution in [3.8, 4) is 0 Å². The minimum atomic E-state index is -1.60. The van der Waals surface area contributed by atoms with Gasteiger partial charge in [-0.3, -0.25) is 34.1 Å². The number of rotatable bonds is 25. The molecule has 0 saturated carbocycles. The van der Waals surface area contributed by atoms with Crippen LogP contribution in [-0.2, 0) is 41.9 Å². The lowest BCUT2D eigenvalue weighted by atomic mass is 10.0. The minimum absolute atomic E-state index is 0.0247. The molecule has 21 nitrogen and oxygen atoms in total. The van der Waals surface area contributed by atoms with Crippen LogP contribution in [0.4, 0.5) is 0 Å². The van der Waals surface area contributed by atoms with Crippen LogP contribution in [0.25, 0.3) is 0 Å². The van der Waals surface area contributed by atoms with E-state index in [2.05, 4.69) is 15.6 Å². The van der Waals surface area contributed by atoms with Crippen LogP contribution in [0.2, 0.25) is 0 Å². The maximum atomic E-state index is 12.6. The van der Waals surface area contributed by atoms with Crippen LogP contribution in [0.15, 0.2) is 18.2 Å². The first-order valence-corrected chi connectivity index (χ1v) is 18.8. The Hall–Kier alpha value is -4.19. The number of Topliss-reactive ketones (excluding diaryl/α,β-unsaturated/α-hetero) is 1. The molecular weight excluding hydrogens is 756 g/mol. The number of aliphatic hydroxyl groups is 6. The van der Waals surface area contributed by atoms with E-state index < -0.39 is 86.0 Å². The van der Waals surface area contributed by atoms with E-state index in [0.29, 0.717) is 11.4 Å². The van der Waals surface area contributed by atoms with Crippen molar-refractivity contribution in [1.29, 1.82) is 0 Å². The summed E-state index contributed by atoms with van der Waals surface area (Å²) in [6.45, 7) is -3.29. The molecule has 2 rings (SSSR count). The first kappa shape index (κ1) is 49.0. The zero-order valence-electron chi connectivity index (χ0n) is 31.8. The van der Waals surface area contributed by atoms with Gasteiger partial charge < -0.3 is 71.0 Å². The number of nitrogens with one attached hydrogen (secondary N) is 2.